The van der Waals surface area contributed by atoms with Crippen LogP contribution in [0.15, 0.2) is 131 Å². The molecule has 0 N–H and O–H groups in total. The minimum absolute atomic E-state index is 1.24. The third kappa shape index (κ3) is 4.32. The Hall–Kier alpha value is -3.46. The van der Waals surface area contributed by atoms with Crippen molar-refractivity contribution in [1.82, 2.24) is 0 Å². The molecule has 36 heavy (non-hydrogen) atoms. The zero-order valence-electron chi connectivity index (χ0n) is 20.4. The molecule has 6 rings (SSSR count). The summed E-state index contributed by atoms with van der Waals surface area (Å²) >= 11 is 3.61. The fraction of sp³-hybridized carbons (Fsp3) is 0.0588. The number of benzene rings is 6. The molecule has 0 aliphatic rings. The van der Waals surface area contributed by atoms with Crippen LogP contribution >= 0.6 is 23.5 Å². The zero-order chi connectivity index (χ0) is 24.5. The summed E-state index contributed by atoms with van der Waals surface area (Å²) in [6.07, 6.45) is 4.31. The van der Waals surface area contributed by atoms with Crippen LogP contribution in [0.25, 0.3) is 54.9 Å². The first kappa shape index (κ1) is 23.0. The van der Waals surface area contributed by atoms with E-state index in [4.69, 9.17) is 0 Å². The van der Waals surface area contributed by atoms with E-state index in [-0.39, 0.29) is 0 Å². The minimum atomic E-state index is 1.24. The molecule has 0 heterocycles. The topological polar surface area (TPSA) is 0 Å². The Kier molecular flexibility index (Phi) is 6.31. The Morgan fingerprint density at radius 3 is 1.00 bits per heavy atom. The smallest absolute Gasteiger partial charge is 0.0154 e. The van der Waals surface area contributed by atoms with Crippen molar-refractivity contribution >= 4 is 45.1 Å². The Balaban J connectivity index is 1.32. The summed E-state index contributed by atoms with van der Waals surface area (Å²) in [6.45, 7) is 0. The van der Waals surface area contributed by atoms with E-state index in [1.807, 2.05) is 0 Å². The molecule has 0 fully saturated rings. The van der Waals surface area contributed by atoms with Gasteiger partial charge < -0.3 is 0 Å². The predicted octanol–water partition coefficient (Wildman–Crippen LogP) is 10.4. The number of hydrogen-bond donors (Lipinski definition) is 0. The van der Waals surface area contributed by atoms with E-state index in [1.165, 1.54) is 64.7 Å². The molecule has 6 aromatic rings. The van der Waals surface area contributed by atoms with Crippen molar-refractivity contribution in [3.63, 3.8) is 0 Å². The molecule has 6 aromatic carbocycles. The van der Waals surface area contributed by atoms with Gasteiger partial charge in [-0.1, -0.05) is 97.1 Å². The second-order valence-corrected chi connectivity index (χ2v) is 10.7. The van der Waals surface area contributed by atoms with Gasteiger partial charge in [-0.05, 0) is 91.7 Å². The summed E-state index contributed by atoms with van der Waals surface area (Å²) in [5.41, 5.74) is 7.58. The second-order valence-electron chi connectivity index (χ2n) is 8.95. The monoisotopic (exact) mass is 498 g/mol. The van der Waals surface area contributed by atoms with Gasteiger partial charge >= 0.3 is 0 Å². The van der Waals surface area contributed by atoms with E-state index in [0.29, 0.717) is 0 Å². The summed E-state index contributed by atoms with van der Waals surface area (Å²) in [5, 5.41) is 5.14. The summed E-state index contributed by atoms with van der Waals surface area (Å²) in [7, 11) is 0. The molecule has 0 amide bonds. The lowest BCUT2D eigenvalue weighted by Crippen LogP contribution is -1.86. The first-order chi connectivity index (χ1) is 17.7. The quantitative estimate of drug-likeness (QED) is 0.217. The number of fused-ring (bicyclic) bond motifs is 2. The molecule has 0 bridgehead atoms. The van der Waals surface area contributed by atoms with Crippen LogP contribution in [0.5, 0.6) is 0 Å². The first-order valence-electron chi connectivity index (χ1n) is 12.1. The average Bonchev–Trinajstić information content (AvgIpc) is 2.96. The van der Waals surface area contributed by atoms with Crippen LogP contribution in [0, 0.1) is 0 Å². The van der Waals surface area contributed by atoms with Crippen molar-refractivity contribution < 1.29 is 0 Å². The molecule has 174 valence electrons. The molecular formula is C34H26S2. The van der Waals surface area contributed by atoms with Gasteiger partial charge in [0.15, 0.2) is 0 Å². The van der Waals surface area contributed by atoms with Gasteiger partial charge in [-0.3, -0.25) is 0 Å². The highest BCUT2D eigenvalue weighted by molar-refractivity contribution is 7.99. The number of rotatable bonds is 5. The lowest BCUT2D eigenvalue weighted by atomic mass is 9.96. The Morgan fingerprint density at radius 2 is 0.667 bits per heavy atom. The van der Waals surface area contributed by atoms with Gasteiger partial charge in [-0.25, -0.2) is 0 Å². The van der Waals surface area contributed by atoms with Gasteiger partial charge in [-0.15, -0.1) is 23.5 Å². The van der Waals surface area contributed by atoms with Crippen LogP contribution < -0.4 is 0 Å². The number of thioether (sulfide) groups is 2. The van der Waals surface area contributed by atoms with Crippen LogP contribution in [0.4, 0.5) is 0 Å². The van der Waals surface area contributed by atoms with E-state index in [9.17, 15) is 0 Å². The molecule has 0 atom stereocenters. The van der Waals surface area contributed by atoms with Crippen LogP contribution in [-0.2, 0) is 0 Å². The van der Waals surface area contributed by atoms with Crippen LogP contribution in [-0.4, -0.2) is 12.5 Å². The van der Waals surface area contributed by atoms with Crippen molar-refractivity contribution in [2.75, 3.05) is 12.5 Å². The highest BCUT2D eigenvalue weighted by Crippen LogP contribution is 2.37. The third-order valence-corrected chi connectivity index (χ3v) is 8.42. The van der Waals surface area contributed by atoms with Crippen LogP contribution in [0.2, 0.25) is 0 Å². The molecular weight excluding hydrogens is 473 g/mol. The lowest BCUT2D eigenvalue weighted by molar-refractivity contribution is 1.47. The maximum atomic E-state index is 2.32. The summed E-state index contributed by atoms with van der Waals surface area (Å²) in [5.74, 6) is 0. The van der Waals surface area contributed by atoms with Crippen LogP contribution in [0.1, 0.15) is 0 Å². The van der Waals surface area contributed by atoms with E-state index >= 15 is 0 Å². The third-order valence-electron chi connectivity index (χ3n) is 6.86. The molecule has 0 saturated heterocycles. The maximum absolute atomic E-state index is 2.32. The van der Waals surface area contributed by atoms with Crippen molar-refractivity contribution in [2.24, 2.45) is 0 Å². The first-order valence-corrected chi connectivity index (χ1v) is 14.5. The van der Waals surface area contributed by atoms with Gasteiger partial charge in [0, 0.05) is 9.79 Å². The SMILES string of the molecule is CSc1cc2ccccc2cc1-c1ccc(-c2ccc(-c3cc4ccccc4cc3SC)cc2)cc1. The molecule has 0 aliphatic carbocycles. The van der Waals surface area contributed by atoms with E-state index < -0.39 is 0 Å². The summed E-state index contributed by atoms with van der Waals surface area (Å²) in [6, 6.07) is 44.4. The zero-order valence-corrected chi connectivity index (χ0v) is 22.0. The molecule has 0 saturated carbocycles. The van der Waals surface area contributed by atoms with E-state index in [2.05, 4.69) is 134 Å². The van der Waals surface area contributed by atoms with Gasteiger partial charge in [0.2, 0.25) is 0 Å². The van der Waals surface area contributed by atoms with Crippen molar-refractivity contribution in [3.8, 4) is 33.4 Å². The van der Waals surface area contributed by atoms with Crippen molar-refractivity contribution in [2.45, 2.75) is 9.79 Å². The van der Waals surface area contributed by atoms with E-state index in [1.54, 1.807) is 23.5 Å². The average molecular weight is 499 g/mol. The van der Waals surface area contributed by atoms with E-state index in [0.717, 1.165) is 0 Å². The standard InChI is InChI=1S/C34H26S2/c1-35-33-21-29-9-5-3-7-27(29)19-31(33)25-15-11-23(12-16-25)24-13-17-26(18-14-24)32-20-28-8-4-6-10-30(28)22-34(32)36-2/h3-22H,1-2H3. The van der Waals surface area contributed by atoms with Crippen molar-refractivity contribution in [1.29, 1.82) is 0 Å². The molecule has 0 aliphatic heterocycles. The fourth-order valence-corrected chi connectivity index (χ4v) is 6.20. The molecule has 0 radical (unpaired) electrons. The van der Waals surface area contributed by atoms with Crippen LogP contribution in [0.3, 0.4) is 0 Å². The minimum Gasteiger partial charge on any atom is -0.129 e. The van der Waals surface area contributed by atoms with Gasteiger partial charge in [0.05, 0.1) is 0 Å². The van der Waals surface area contributed by atoms with Crippen molar-refractivity contribution in [3.05, 3.63) is 121 Å². The molecule has 0 unspecified atom stereocenters. The molecule has 0 spiro atoms. The summed E-state index contributed by atoms with van der Waals surface area (Å²) in [4.78, 5) is 2.62. The van der Waals surface area contributed by atoms with Gasteiger partial charge in [-0.2, -0.15) is 0 Å². The highest BCUT2D eigenvalue weighted by atomic mass is 32.2. The molecule has 0 aromatic heterocycles. The Labute approximate surface area is 221 Å². The fourth-order valence-electron chi connectivity index (χ4n) is 4.91. The number of hydrogen-bond acceptors (Lipinski definition) is 2. The molecule has 0 nitrogen and oxygen atoms in total. The van der Waals surface area contributed by atoms with Gasteiger partial charge in [0.1, 0.15) is 0 Å². The highest BCUT2D eigenvalue weighted by Gasteiger charge is 2.10. The maximum Gasteiger partial charge on any atom is 0.0154 e. The predicted molar refractivity (Wildman–Crippen MR) is 161 cm³/mol. The largest absolute Gasteiger partial charge is 0.129 e. The second kappa shape index (κ2) is 9.89. The Bertz CT molecular complexity index is 1550. The lowest BCUT2D eigenvalue weighted by Gasteiger charge is -2.12. The Morgan fingerprint density at radius 1 is 0.361 bits per heavy atom. The normalized spacial score (nSPS) is 11.3. The molecule has 2 heteroatoms. The van der Waals surface area contributed by atoms with Gasteiger partial charge in [0.25, 0.3) is 0 Å². The summed E-state index contributed by atoms with van der Waals surface area (Å²) < 4.78 is 0.